The molecule has 10 nitrogen and oxygen atoms in total. The minimum absolute atomic E-state index is 0.128. The number of anilines is 1. The molecular weight excluding hydrogens is 430 g/mol. The third-order valence-corrected chi connectivity index (χ3v) is 6.87. The van der Waals surface area contributed by atoms with Gasteiger partial charge in [-0.3, -0.25) is 4.79 Å². The molecule has 1 saturated carbocycles. The molecule has 168 valence electrons. The van der Waals surface area contributed by atoms with Gasteiger partial charge in [-0.25, -0.2) is 19.3 Å². The van der Waals surface area contributed by atoms with Crippen molar-refractivity contribution >= 4 is 34.0 Å². The Bertz CT molecular complexity index is 1130. The number of nitrogens with zero attached hydrogens (tertiary/aromatic N) is 5. The molecule has 0 unspecified atom stereocenters. The Balaban J connectivity index is 1.38. The second-order valence-electron chi connectivity index (χ2n) is 8.35. The van der Waals surface area contributed by atoms with Crippen molar-refractivity contribution in [1.82, 2.24) is 29.8 Å². The third-order valence-electron chi connectivity index (χ3n) is 5.98. The Hall–Kier alpha value is -3.21. The first-order chi connectivity index (χ1) is 15.6. The monoisotopic (exact) mass is 455 g/mol. The third kappa shape index (κ3) is 4.52. The van der Waals surface area contributed by atoms with Gasteiger partial charge < -0.3 is 20.6 Å². The summed E-state index contributed by atoms with van der Waals surface area (Å²) in [7, 11) is 0. The van der Waals surface area contributed by atoms with E-state index in [1.54, 1.807) is 33.0 Å². The van der Waals surface area contributed by atoms with E-state index in [1.807, 2.05) is 11.6 Å². The van der Waals surface area contributed by atoms with E-state index in [0.717, 1.165) is 29.3 Å². The SMILES string of the molecule is O=C(O)NC1CCN(C(=O)c2cc(NCCC3CC3)nc(-c3cnn4ccsc34)n2)CC1. The summed E-state index contributed by atoms with van der Waals surface area (Å²) < 4.78 is 1.78. The van der Waals surface area contributed by atoms with Crippen LogP contribution in [0.5, 0.6) is 0 Å². The largest absolute Gasteiger partial charge is 0.465 e. The molecule has 3 aromatic heterocycles. The second-order valence-corrected chi connectivity index (χ2v) is 9.24. The predicted molar refractivity (Wildman–Crippen MR) is 120 cm³/mol. The lowest BCUT2D eigenvalue weighted by atomic mass is 10.0. The highest BCUT2D eigenvalue weighted by Crippen LogP contribution is 2.32. The standard InChI is InChI=1S/C21H25N7O3S/c29-19(27-7-4-14(5-8-27)24-21(30)31)16-11-17(22-6-3-13-1-2-13)26-18(25-16)15-12-23-28-9-10-32-20(15)28/h9-14,24H,1-8H2,(H,30,31)(H,22,25,26). The molecule has 4 heterocycles. The number of likely N-dealkylation sites (tertiary alicyclic amines) is 1. The van der Waals surface area contributed by atoms with Gasteiger partial charge in [0.2, 0.25) is 0 Å². The number of nitrogens with one attached hydrogen (secondary N) is 2. The Morgan fingerprint density at radius 1 is 1.19 bits per heavy atom. The van der Waals surface area contributed by atoms with E-state index in [-0.39, 0.29) is 11.9 Å². The van der Waals surface area contributed by atoms with Crippen molar-refractivity contribution in [3.05, 3.63) is 29.5 Å². The van der Waals surface area contributed by atoms with Crippen LogP contribution in [0.15, 0.2) is 23.8 Å². The maximum Gasteiger partial charge on any atom is 0.404 e. The molecule has 11 heteroatoms. The van der Waals surface area contributed by atoms with Crippen molar-refractivity contribution in [3.63, 3.8) is 0 Å². The number of hydrogen-bond donors (Lipinski definition) is 3. The summed E-state index contributed by atoms with van der Waals surface area (Å²) in [6.45, 7) is 1.77. The van der Waals surface area contributed by atoms with Gasteiger partial charge in [-0.15, -0.1) is 11.3 Å². The lowest BCUT2D eigenvalue weighted by Gasteiger charge is -2.31. The van der Waals surface area contributed by atoms with Gasteiger partial charge in [-0.2, -0.15) is 5.10 Å². The van der Waals surface area contributed by atoms with Crippen LogP contribution < -0.4 is 10.6 Å². The van der Waals surface area contributed by atoms with E-state index in [1.165, 1.54) is 12.8 Å². The minimum atomic E-state index is -1.03. The molecule has 0 spiro atoms. The molecule has 0 atom stereocenters. The molecule has 0 radical (unpaired) electrons. The number of amides is 2. The van der Waals surface area contributed by atoms with Crippen LogP contribution in [0.4, 0.5) is 10.6 Å². The number of rotatable bonds is 7. The van der Waals surface area contributed by atoms with Crippen LogP contribution in [0.2, 0.25) is 0 Å². The van der Waals surface area contributed by atoms with Crippen molar-refractivity contribution in [2.24, 2.45) is 5.92 Å². The molecule has 5 rings (SSSR count). The fourth-order valence-corrected chi connectivity index (χ4v) is 4.81. The molecule has 3 N–H and O–H groups in total. The van der Waals surface area contributed by atoms with E-state index >= 15 is 0 Å². The highest BCUT2D eigenvalue weighted by Gasteiger charge is 2.27. The van der Waals surface area contributed by atoms with Crippen LogP contribution in [0, 0.1) is 5.92 Å². The van der Waals surface area contributed by atoms with E-state index in [2.05, 4.69) is 25.7 Å². The number of thiazole rings is 1. The quantitative estimate of drug-likeness (QED) is 0.500. The van der Waals surface area contributed by atoms with Gasteiger partial charge >= 0.3 is 6.09 Å². The van der Waals surface area contributed by atoms with Gasteiger partial charge in [-0.1, -0.05) is 12.8 Å². The summed E-state index contributed by atoms with van der Waals surface area (Å²) >= 11 is 1.55. The molecule has 1 saturated heterocycles. The van der Waals surface area contributed by atoms with Crippen LogP contribution in [-0.2, 0) is 0 Å². The first-order valence-corrected chi connectivity index (χ1v) is 11.8. The molecular formula is C21H25N7O3S. The van der Waals surface area contributed by atoms with Crippen LogP contribution in [0.25, 0.3) is 16.2 Å². The van der Waals surface area contributed by atoms with Gasteiger partial charge in [0.15, 0.2) is 5.82 Å². The molecule has 3 aromatic rings. The topological polar surface area (TPSA) is 125 Å². The smallest absolute Gasteiger partial charge is 0.404 e. The average molecular weight is 456 g/mol. The lowest BCUT2D eigenvalue weighted by Crippen LogP contribution is -2.46. The van der Waals surface area contributed by atoms with Crippen molar-refractivity contribution in [2.45, 2.75) is 38.1 Å². The zero-order valence-corrected chi connectivity index (χ0v) is 18.3. The summed E-state index contributed by atoms with van der Waals surface area (Å²) in [5.41, 5.74) is 1.13. The van der Waals surface area contributed by atoms with Crippen LogP contribution >= 0.6 is 11.3 Å². The zero-order valence-electron chi connectivity index (χ0n) is 17.5. The summed E-state index contributed by atoms with van der Waals surface area (Å²) in [4.78, 5) is 36.1. The maximum atomic E-state index is 13.3. The number of fused-ring (bicyclic) bond motifs is 1. The fraction of sp³-hybridized carbons (Fsp3) is 0.476. The Morgan fingerprint density at radius 3 is 2.75 bits per heavy atom. The number of carbonyl (C=O) groups excluding carboxylic acids is 1. The maximum absolute atomic E-state index is 13.3. The van der Waals surface area contributed by atoms with E-state index in [0.29, 0.717) is 43.3 Å². The Morgan fingerprint density at radius 2 is 2.00 bits per heavy atom. The molecule has 2 fully saturated rings. The highest BCUT2D eigenvalue weighted by molar-refractivity contribution is 7.16. The molecule has 0 bridgehead atoms. The van der Waals surface area contributed by atoms with Crippen LogP contribution in [0.1, 0.15) is 42.6 Å². The summed E-state index contributed by atoms with van der Waals surface area (Å²) in [6, 6.07) is 1.59. The van der Waals surface area contributed by atoms with Crippen molar-refractivity contribution < 1.29 is 14.7 Å². The molecule has 32 heavy (non-hydrogen) atoms. The molecule has 1 aliphatic heterocycles. The summed E-state index contributed by atoms with van der Waals surface area (Å²) in [5.74, 6) is 1.75. The first-order valence-electron chi connectivity index (χ1n) is 10.9. The normalized spacial score (nSPS) is 16.9. The number of carboxylic acid groups (broad SMARTS) is 1. The van der Waals surface area contributed by atoms with Crippen molar-refractivity contribution in [2.75, 3.05) is 25.0 Å². The zero-order chi connectivity index (χ0) is 22.1. The molecule has 1 aliphatic carbocycles. The second kappa shape index (κ2) is 8.73. The molecule has 0 aromatic carbocycles. The van der Waals surface area contributed by atoms with Gasteiger partial charge in [0.05, 0.1) is 11.8 Å². The van der Waals surface area contributed by atoms with E-state index < -0.39 is 6.09 Å². The molecule has 2 amide bonds. The lowest BCUT2D eigenvalue weighted by molar-refractivity contribution is 0.0700. The number of hydrogen-bond acceptors (Lipinski definition) is 7. The van der Waals surface area contributed by atoms with Gasteiger partial charge in [0, 0.05) is 43.3 Å². The first kappa shape index (κ1) is 20.7. The van der Waals surface area contributed by atoms with E-state index in [9.17, 15) is 9.59 Å². The Kier molecular flexibility index (Phi) is 5.64. The number of piperidine rings is 1. The van der Waals surface area contributed by atoms with Gasteiger partial charge in [-0.05, 0) is 25.2 Å². The van der Waals surface area contributed by atoms with Gasteiger partial charge in [0.1, 0.15) is 16.3 Å². The molecule has 2 aliphatic rings. The van der Waals surface area contributed by atoms with Crippen molar-refractivity contribution in [3.8, 4) is 11.4 Å². The van der Waals surface area contributed by atoms with Crippen molar-refractivity contribution in [1.29, 1.82) is 0 Å². The van der Waals surface area contributed by atoms with Gasteiger partial charge in [0.25, 0.3) is 5.91 Å². The summed E-state index contributed by atoms with van der Waals surface area (Å²) in [6.07, 6.45) is 7.42. The highest BCUT2D eigenvalue weighted by atomic mass is 32.1. The number of carbonyl (C=O) groups is 2. The fourth-order valence-electron chi connectivity index (χ4n) is 4.02. The summed E-state index contributed by atoms with van der Waals surface area (Å²) in [5, 5.41) is 21.1. The van der Waals surface area contributed by atoms with Crippen LogP contribution in [-0.4, -0.2) is 67.3 Å². The van der Waals surface area contributed by atoms with Crippen LogP contribution in [0.3, 0.4) is 0 Å². The minimum Gasteiger partial charge on any atom is -0.465 e. The predicted octanol–water partition coefficient (Wildman–Crippen LogP) is 2.94. The van der Waals surface area contributed by atoms with E-state index in [4.69, 9.17) is 5.11 Å². The number of aromatic nitrogens is 4. The average Bonchev–Trinajstić information content (AvgIpc) is 3.33. The Labute approximate surface area is 188 Å².